The zero-order valence-electron chi connectivity index (χ0n) is 11.4. The van der Waals surface area contributed by atoms with E-state index in [0.717, 1.165) is 24.0 Å². The Hall–Kier alpha value is -1.50. The molecule has 106 valence electrons. The second-order valence-corrected chi connectivity index (χ2v) is 5.37. The van der Waals surface area contributed by atoms with Gasteiger partial charge in [-0.15, -0.1) is 0 Å². The van der Waals surface area contributed by atoms with E-state index < -0.39 is 0 Å². The maximum atomic E-state index is 5.86. The number of benzene rings is 1. The summed E-state index contributed by atoms with van der Waals surface area (Å²) in [5.74, 6) is 0.746. The molecule has 2 heterocycles. The standard InChI is InChI=1S/C14H17N3O2S/c1-18-10-13-15-14(20-16-13)17-7-8-19-12(9-17)11-5-3-2-4-6-11/h2-6,12H,7-10H2,1H3. The predicted octanol–water partition coefficient (Wildman–Crippen LogP) is 2.26. The fourth-order valence-corrected chi connectivity index (χ4v) is 2.96. The molecule has 0 radical (unpaired) electrons. The number of morpholine rings is 1. The smallest absolute Gasteiger partial charge is 0.205 e. The summed E-state index contributed by atoms with van der Waals surface area (Å²) < 4.78 is 15.2. The molecule has 20 heavy (non-hydrogen) atoms. The van der Waals surface area contributed by atoms with Gasteiger partial charge < -0.3 is 14.4 Å². The molecular weight excluding hydrogens is 274 g/mol. The molecule has 0 aliphatic carbocycles. The summed E-state index contributed by atoms with van der Waals surface area (Å²) in [5.41, 5.74) is 1.21. The van der Waals surface area contributed by atoms with E-state index in [1.165, 1.54) is 17.1 Å². The lowest BCUT2D eigenvalue weighted by atomic mass is 10.1. The van der Waals surface area contributed by atoms with Crippen LogP contribution in [0.15, 0.2) is 30.3 Å². The second-order valence-electron chi connectivity index (χ2n) is 4.64. The first kappa shape index (κ1) is 13.5. The summed E-state index contributed by atoms with van der Waals surface area (Å²) in [4.78, 5) is 6.74. The normalized spacial score (nSPS) is 19.2. The number of aromatic nitrogens is 2. The zero-order chi connectivity index (χ0) is 13.8. The molecule has 6 heteroatoms. The van der Waals surface area contributed by atoms with Crippen molar-refractivity contribution in [1.29, 1.82) is 0 Å². The van der Waals surface area contributed by atoms with Crippen LogP contribution in [0.1, 0.15) is 17.5 Å². The zero-order valence-corrected chi connectivity index (χ0v) is 12.2. The summed E-state index contributed by atoms with van der Waals surface area (Å²) >= 11 is 1.42. The fourth-order valence-electron chi connectivity index (χ4n) is 2.25. The molecule has 0 N–H and O–H groups in total. The summed E-state index contributed by atoms with van der Waals surface area (Å²) in [7, 11) is 1.65. The third-order valence-corrected chi connectivity index (χ3v) is 4.05. The molecule has 1 aromatic heterocycles. The number of rotatable bonds is 4. The summed E-state index contributed by atoms with van der Waals surface area (Å²) in [5, 5.41) is 0.946. The van der Waals surface area contributed by atoms with Crippen molar-refractivity contribution in [2.24, 2.45) is 0 Å². The van der Waals surface area contributed by atoms with Crippen molar-refractivity contribution in [3.8, 4) is 0 Å². The highest BCUT2D eigenvalue weighted by molar-refractivity contribution is 7.09. The van der Waals surface area contributed by atoms with Gasteiger partial charge in [0.25, 0.3) is 0 Å². The van der Waals surface area contributed by atoms with Crippen molar-refractivity contribution in [2.75, 3.05) is 31.7 Å². The molecule has 1 aliphatic rings. The quantitative estimate of drug-likeness (QED) is 0.865. The average Bonchev–Trinajstić information content (AvgIpc) is 2.97. The van der Waals surface area contributed by atoms with E-state index in [9.17, 15) is 0 Å². The monoisotopic (exact) mass is 291 g/mol. The maximum Gasteiger partial charge on any atom is 0.205 e. The highest BCUT2D eigenvalue weighted by Crippen LogP contribution is 2.27. The van der Waals surface area contributed by atoms with E-state index in [4.69, 9.17) is 9.47 Å². The number of methoxy groups -OCH3 is 1. The molecule has 0 amide bonds. The van der Waals surface area contributed by atoms with Gasteiger partial charge in [0.1, 0.15) is 12.7 Å². The van der Waals surface area contributed by atoms with Crippen LogP contribution >= 0.6 is 11.5 Å². The van der Waals surface area contributed by atoms with Crippen LogP contribution in [0, 0.1) is 0 Å². The van der Waals surface area contributed by atoms with E-state index in [-0.39, 0.29) is 6.10 Å². The molecular formula is C14H17N3O2S. The van der Waals surface area contributed by atoms with Gasteiger partial charge in [-0.25, -0.2) is 4.98 Å². The molecule has 1 aromatic carbocycles. The molecule has 1 atom stereocenters. The van der Waals surface area contributed by atoms with E-state index in [1.807, 2.05) is 18.2 Å². The Morgan fingerprint density at radius 3 is 3.05 bits per heavy atom. The SMILES string of the molecule is COCc1nsc(N2CCOC(c3ccccc3)C2)n1. The van der Waals surface area contributed by atoms with Gasteiger partial charge in [0, 0.05) is 25.2 Å². The van der Waals surface area contributed by atoms with E-state index >= 15 is 0 Å². The van der Waals surface area contributed by atoms with Crippen molar-refractivity contribution in [3.05, 3.63) is 41.7 Å². The third-order valence-electron chi connectivity index (χ3n) is 3.24. The molecule has 1 fully saturated rings. The van der Waals surface area contributed by atoms with Crippen molar-refractivity contribution in [2.45, 2.75) is 12.7 Å². The molecule has 3 rings (SSSR count). The fraction of sp³-hybridized carbons (Fsp3) is 0.429. The van der Waals surface area contributed by atoms with E-state index in [1.54, 1.807) is 7.11 Å². The third kappa shape index (κ3) is 2.98. The molecule has 1 unspecified atom stereocenters. The molecule has 0 bridgehead atoms. The van der Waals surface area contributed by atoms with Crippen molar-refractivity contribution in [3.63, 3.8) is 0 Å². The summed E-state index contributed by atoms with van der Waals surface area (Å²) in [6, 6.07) is 10.3. The Balaban J connectivity index is 1.71. The first-order valence-corrected chi connectivity index (χ1v) is 7.37. The highest BCUT2D eigenvalue weighted by Gasteiger charge is 2.24. The van der Waals surface area contributed by atoms with Crippen LogP contribution in [-0.2, 0) is 16.1 Å². The minimum Gasteiger partial charge on any atom is -0.377 e. The Kier molecular flexibility index (Phi) is 4.25. The number of ether oxygens (including phenoxy) is 2. The van der Waals surface area contributed by atoms with Gasteiger partial charge in [0.05, 0.1) is 13.2 Å². The average molecular weight is 291 g/mol. The minimum absolute atomic E-state index is 0.0970. The lowest BCUT2D eigenvalue weighted by Gasteiger charge is -2.32. The topological polar surface area (TPSA) is 47.5 Å². The predicted molar refractivity (Wildman–Crippen MR) is 78.0 cm³/mol. The highest BCUT2D eigenvalue weighted by atomic mass is 32.1. The largest absolute Gasteiger partial charge is 0.377 e. The second kappa shape index (κ2) is 6.30. The first-order chi connectivity index (χ1) is 9.86. The molecule has 5 nitrogen and oxygen atoms in total. The number of hydrogen-bond acceptors (Lipinski definition) is 6. The van der Waals surface area contributed by atoms with Crippen LogP contribution in [0.2, 0.25) is 0 Å². The van der Waals surface area contributed by atoms with Gasteiger partial charge in [-0.1, -0.05) is 30.3 Å². The van der Waals surface area contributed by atoms with Crippen LogP contribution < -0.4 is 4.90 Å². The van der Waals surface area contributed by atoms with Crippen LogP contribution in [0.4, 0.5) is 5.13 Å². The van der Waals surface area contributed by atoms with Gasteiger partial charge >= 0.3 is 0 Å². The lowest BCUT2D eigenvalue weighted by Crippen LogP contribution is -2.38. The van der Waals surface area contributed by atoms with Gasteiger partial charge in [-0.3, -0.25) is 0 Å². The Bertz CT molecular complexity index is 546. The molecule has 1 aliphatic heterocycles. The maximum absolute atomic E-state index is 5.86. The van der Waals surface area contributed by atoms with Crippen molar-refractivity contribution >= 4 is 16.7 Å². The summed E-state index contributed by atoms with van der Waals surface area (Å²) in [6.07, 6.45) is 0.0970. The van der Waals surface area contributed by atoms with Crippen molar-refractivity contribution < 1.29 is 9.47 Å². The first-order valence-electron chi connectivity index (χ1n) is 6.60. The molecule has 2 aromatic rings. The molecule has 0 saturated carbocycles. The van der Waals surface area contributed by atoms with Gasteiger partial charge in [-0.2, -0.15) is 4.37 Å². The van der Waals surface area contributed by atoms with Crippen LogP contribution in [0.5, 0.6) is 0 Å². The summed E-state index contributed by atoms with van der Waals surface area (Å²) in [6.45, 7) is 2.83. The minimum atomic E-state index is 0.0970. The number of anilines is 1. The lowest BCUT2D eigenvalue weighted by molar-refractivity contribution is 0.0397. The van der Waals surface area contributed by atoms with E-state index in [0.29, 0.717) is 13.2 Å². The van der Waals surface area contributed by atoms with Gasteiger partial charge in [-0.05, 0) is 5.56 Å². The number of nitrogens with zero attached hydrogens (tertiary/aromatic N) is 3. The van der Waals surface area contributed by atoms with Crippen LogP contribution in [-0.4, -0.2) is 36.2 Å². The van der Waals surface area contributed by atoms with Gasteiger partial charge in [0.2, 0.25) is 5.13 Å². The molecule has 0 spiro atoms. The Labute approximate surface area is 122 Å². The Morgan fingerprint density at radius 2 is 2.25 bits per heavy atom. The number of hydrogen-bond donors (Lipinski definition) is 0. The van der Waals surface area contributed by atoms with Crippen LogP contribution in [0.25, 0.3) is 0 Å². The van der Waals surface area contributed by atoms with Crippen LogP contribution in [0.3, 0.4) is 0 Å². The van der Waals surface area contributed by atoms with Crippen molar-refractivity contribution in [1.82, 2.24) is 9.36 Å². The van der Waals surface area contributed by atoms with E-state index in [2.05, 4.69) is 26.4 Å². The Morgan fingerprint density at radius 1 is 1.40 bits per heavy atom. The molecule has 1 saturated heterocycles. The van der Waals surface area contributed by atoms with Gasteiger partial charge in [0.15, 0.2) is 5.82 Å².